The largest absolute Gasteiger partial charge is 0.508 e. The number of nitrogens with zero attached hydrogens (tertiary/aromatic N) is 1. The van der Waals surface area contributed by atoms with Crippen molar-refractivity contribution in [3.05, 3.63) is 64.7 Å². The quantitative estimate of drug-likeness (QED) is 0.569. The fraction of sp³-hybridized carbons (Fsp3) is 0.444. The Balaban J connectivity index is 1.51. The number of anilines is 1. The van der Waals surface area contributed by atoms with Crippen LogP contribution in [0.4, 0.5) is 18.9 Å². The molecule has 0 radical (unpaired) electrons. The highest BCUT2D eigenvalue weighted by atomic mass is 19.4. The smallest absolute Gasteiger partial charge is 0.421 e. The molecule has 5 rings (SSSR count). The summed E-state index contributed by atoms with van der Waals surface area (Å²) in [5.41, 5.74) is 1.03. The Hall–Kier alpha value is -2.80. The van der Waals surface area contributed by atoms with Crippen LogP contribution in [0.5, 0.6) is 5.75 Å². The van der Waals surface area contributed by atoms with Gasteiger partial charge in [0.2, 0.25) is 0 Å². The lowest BCUT2D eigenvalue weighted by atomic mass is 9.52. The van der Waals surface area contributed by atoms with Gasteiger partial charge in [0, 0.05) is 23.2 Å². The summed E-state index contributed by atoms with van der Waals surface area (Å²) in [6, 6.07) is 11.5. The third-order valence-corrected chi connectivity index (χ3v) is 8.13. The average molecular weight is 471 g/mol. The summed E-state index contributed by atoms with van der Waals surface area (Å²) in [5, 5.41) is 13.3. The number of halogens is 3. The van der Waals surface area contributed by atoms with Gasteiger partial charge in [-0.2, -0.15) is 13.2 Å². The summed E-state index contributed by atoms with van der Waals surface area (Å²) in [7, 11) is 2.14. The van der Waals surface area contributed by atoms with Gasteiger partial charge >= 0.3 is 6.18 Å². The average Bonchev–Trinajstić information content (AvgIpc) is 2.80. The molecule has 2 aromatic rings. The van der Waals surface area contributed by atoms with Crippen molar-refractivity contribution in [1.29, 1.82) is 0 Å². The Labute approximate surface area is 197 Å². The number of phenolic OH excluding ortho intramolecular Hbond substituents is 1. The highest BCUT2D eigenvalue weighted by Crippen LogP contribution is 2.57. The molecule has 2 bridgehead atoms. The van der Waals surface area contributed by atoms with Crippen LogP contribution >= 0.6 is 0 Å². The first-order valence-electron chi connectivity index (χ1n) is 11.9. The number of likely N-dealkylation sites (tertiary alicyclic amines) is 1. The van der Waals surface area contributed by atoms with Gasteiger partial charge in [-0.1, -0.05) is 43.2 Å². The first-order chi connectivity index (χ1) is 16.2. The molecule has 34 heavy (non-hydrogen) atoms. The lowest BCUT2D eigenvalue weighted by Crippen LogP contribution is -2.59. The minimum Gasteiger partial charge on any atom is -0.508 e. The van der Waals surface area contributed by atoms with Crippen LogP contribution in [-0.4, -0.2) is 41.7 Å². The molecule has 1 aliphatic heterocycles. The molecule has 0 aromatic heterocycles. The van der Waals surface area contributed by atoms with E-state index in [1.165, 1.54) is 24.6 Å². The number of benzene rings is 2. The van der Waals surface area contributed by atoms with Gasteiger partial charge in [0.25, 0.3) is 5.91 Å². The topological polar surface area (TPSA) is 52.6 Å². The van der Waals surface area contributed by atoms with Crippen molar-refractivity contribution in [3.8, 4) is 5.75 Å². The number of piperidine rings is 1. The predicted octanol–water partition coefficient (Wildman–Crippen LogP) is 5.66. The number of hydrogen-bond acceptors (Lipinski definition) is 3. The second kappa shape index (κ2) is 8.45. The number of amides is 1. The van der Waals surface area contributed by atoms with Crippen LogP contribution in [-0.2, 0) is 16.6 Å². The minimum atomic E-state index is -4.81. The van der Waals surface area contributed by atoms with E-state index in [4.69, 9.17) is 0 Å². The lowest BCUT2D eigenvalue weighted by molar-refractivity contribution is -0.126. The van der Waals surface area contributed by atoms with Gasteiger partial charge in [-0.15, -0.1) is 0 Å². The molecule has 0 unspecified atom stereocenters. The van der Waals surface area contributed by atoms with Gasteiger partial charge in [-0.25, -0.2) is 0 Å². The van der Waals surface area contributed by atoms with Crippen LogP contribution in [0, 0.1) is 5.92 Å². The number of carbonyl (C=O) groups excluding carboxylic acids is 1. The van der Waals surface area contributed by atoms with Crippen LogP contribution in [0.3, 0.4) is 0 Å². The second-order valence-corrected chi connectivity index (χ2v) is 9.95. The van der Waals surface area contributed by atoms with E-state index < -0.39 is 17.7 Å². The number of aromatic hydroxyl groups is 1. The SMILES string of the molecule is CN1CC[C@]23CCCC[C@H]2[C@H]1Cc1c(O)cc(NC(=O)C(=Cc2ccccc2)C(F)(F)F)cc13. The van der Waals surface area contributed by atoms with Crippen molar-refractivity contribution in [1.82, 2.24) is 4.90 Å². The summed E-state index contributed by atoms with van der Waals surface area (Å²) >= 11 is 0. The first kappa shape index (κ1) is 23.0. The van der Waals surface area contributed by atoms with E-state index >= 15 is 0 Å². The van der Waals surface area contributed by atoms with E-state index in [-0.39, 0.29) is 16.9 Å². The summed E-state index contributed by atoms with van der Waals surface area (Å²) in [5.74, 6) is -0.718. The van der Waals surface area contributed by atoms with Gasteiger partial charge in [0.05, 0.1) is 0 Å². The molecule has 3 aliphatic rings. The summed E-state index contributed by atoms with van der Waals surface area (Å²) in [6.07, 6.45) is 2.11. The molecular formula is C27H29F3N2O2. The molecule has 2 aromatic carbocycles. The van der Waals surface area contributed by atoms with Crippen molar-refractivity contribution in [2.24, 2.45) is 5.92 Å². The molecule has 2 aliphatic carbocycles. The molecule has 1 saturated heterocycles. The minimum absolute atomic E-state index is 0.0529. The zero-order chi connectivity index (χ0) is 24.1. The van der Waals surface area contributed by atoms with Crippen LogP contribution in [0.25, 0.3) is 6.08 Å². The van der Waals surface area contributed by atoms with E-state index in [0.717, 1.165) is 55.9 Å². The third-order valence-electron chi connectivity index (χ3n) is 8.13. The number of nitrogens with one attached hydrogen (secondary N) is 1. The molecule has 0 spiro atoms. The molecule has 1 saturated carbocycles. The number of alkyl halides is 3. The van der Waals surface area contributed by atoms with E-state index in [2.05, 4.69) is 17.3 Å². The summed E-state index contributed by atoms with van der Waals surface area (Å²) in [4.78, 5) is 15.2. The third kappa shape index (κ3) is 3.90. The molecule has 4 nitrogen and oxygen atoms in total. The Morgan fingerprint density at radius 2 is 1.94 bits per heavy atom. The van der Waals surface area contributed by atoms with Crippen molar-refractivity contribution in [3.63, 3.8) is 0 Å². The van der Waals surface area contributed by atoms with Crippen molar-refractivity contribution in [2.45, 2.75) is 56.2 Å². The summed E-state index contributed by atoms with van der Waals surface area (Å²) in [6.45, 7) is 0.954. The maximum atomic E-state index is 13.8. The Bertz CT molecular complexity index is 1130. The van der Waals surface area contributed by atoms with Crippen molar-refractivity contribution in [2.75, 3.05) is 18.9 Å². The predicted molar refractivity (Wildman–Crippen MR) is 126 cm³/mol. The van der Waals surface area contributed by atoms with E-state index in [1.54, 1.807) is 18.2 Å². The van der Waals surface area contributed by atoms with E-state index in [1.807, 2.05) is 6.07 Å². The maximum Gasteiger partial charge on any atom is 0.421 e. The highest BCUT2D eigenvalue weighted by molar-refractivity contribution is 6.07. The molecule has 1 amide bonds. The number of carbonyl (C=O) groups is 1. The number of likely N-dealkylation sites (N-methyl/N-ethyl adjacent to an activating group) is 1. The van der Waals surface area contributed by atoms with Gasteiger partial charge in [-0.05, 0) is 74.0 Å². The van der Waals surface area contributed by atoms with Crippen molar-refractivity contribution < 1.29 is 23.1 Å². The molecule has 2 N–H and O–H groups in total. The molecule has 2 fully saturated rings. The first-order valence-corrected chi connectivity index (χ1v) is 11.9. The number of hydrogen-bond donors (Lipinski definition) is 2. The van der Waals surface area contributed by atoms with Gasteiger partial charge in [-0.3, -0.25) is 4.79 Å². The molecule has 7 heteroatoms. The van der Waals surface area contributed by atoms with Crippen molar-refractivity contribution >= 4 is 17.7 Å². The Morgan fingerprint density at radius 1 is 1.18 bits per heavy atom. The zero-order valence-electron chi connectivity index (χ0n) is 19.2. The zero-order valence-corrected chi connectivity index (χ0v) is 19.2. The van der Waals surface area contributed by atoms with Crippen LogP contribution in [0.2, 0.25) is 0 Å². The Kier molecular flexibility index (Phi) is 5.71. The van der Waals surface area contributed by atoms with Gasteiger partial charge in [0.15, 0.2) is 0 Å². The molecule has 180 valence electrons. The monoisotopic (exact) mass is 470 g/mol. The number of rotatable bonds is 3. The van der Waals surface area contributed by atoms with Gasteiger partial charge < -0.3 is 15.3 Å². The number of phenols is 1. The van der Waals surface area contributed by atoms with Gasteiger partial charge in [0.1, 0.15) is 11.3 Å². The maximum absolute atomic E-state index is 13.8. The standard InChI is InChI=1S/C27H29F3N2O2/c1-32-12-11-26-10-6-5-9-20(26)23(32)16-19-21(26)14-18(15-24(19)33)31-25(34)22(27(28,29)30)13-17-7-3-2-4-8-17/h2-4,7-8,13-15,20,23,33H,5-6,9-12,16H2,1H3,(H,31,34)/t20-,23+,26+/m0/s1. The molecular weight excluding hydrogens is 441 g/mol. The fourth-order valence-corrected chi connectivity index (χ4v) is 6.54. The Morgan fingerprint density at radius 3 is 2.68 bits per heavy atom. The van der Waals surface area contributed by atoms with E-state index in [0.29, 0.717) is 17.5 Å². The molecule has 3 atom stereocenters. The molecule has 1 heterocycles. The van der Waals surface area contributed by atoms with Crippen LogP contribution < -0.4 is 5.32 Å². The number of fused-ring (bicyclic) bond motifs is 1. The van der Waals surface area contributed by atoms with E-state index in [9.17, 15) is 23.1 Å². The van der Waals surface area contributed by atoms with Crippen LogP contribution in [0.1, 0.15) is 48.8 Å². The highest BCUT2D eigenvalue weighted by Gasteiger charge is 2.53. The normalized spacial score (nSPS) is 27.0. The van der Waals surface area contributed by atoms with Crippen LogP contribution in [0.15, 0.2) is 48.0 Å². The summed E-state index contributed by atoms with van der Waals surface area (Å²) < 4.78 is 41.3. The fourth-order valence-electron chi connectivity index (χ4n) is 6.54. The second-order valence-electron chi connectivity index (χ2n) is 9.95. The lowest BCUT2D eigenvalue weighted by Gasteiger charge is -2.58.